The first-order valence-electron chi connectivity index (χ1n) is 28.5. The van der Waals surface area contributed by atoms with E-state index in [0.29, 0.717) is 0 Å². The predicted molar refractivity (Wildman–Crippen MR) is 198 cm³/mol. The molecule has 0 aliphatic carbocycles. The smallest absolute Gasteiger partial charge is 0.0622 e. The van der Waals surface area contributed by atoms with Gasteiger partial charge in [-0.05, 0) is 99.7 Å². The Morgan fingerprint density at radius 1 is 0.261 bits per heavy atom. The van der Waals surface area contributed by atoms with Crippen LogP contribution < -0.4 is 0 Å². The summed E-state index contributed by atoms with van der Waals surface area (Å²) in [6.07, 6.45) is 0. The van der Waals surface area contributed by atoms with E-state index in [0.717, 1.165) is 0 Å². The SMILES string of the molecule is [2H]c1c([2H])c([2H])c(-c2c([2H])c([2H])c3c(-c4c([2H])c([2H])c([2H])c5c([2H])c([2H])c([2H])c([2H])c45)c4c([2H])c([2H])c([2H])c([2H])c4c(-c4c([2H])c([2H])c(-c5c([2H])c([2H])c6c([2H])c([2H])c([2H])c([2H])c6c5[2H])c([2H])c4[2H])c3c2[2H])c([2H])c1[2H]. The first kappa shape index (κ1) is 10.0. The summed E-state index contributed by atoms with van der Waals surface area (Å²) < 4.78 is 270. The first-order chi connectivity index (χ1) is 35.3. The molecule has 0 amide bonds. The Morgan fingerprint density at radius 3 is 1.59 bits per heavy atom. The highest BCUT2D eigenvalue weighted by atomic mass is 14.2. The van der Waals surface area contributed by atoms with Gasteiger partial charge in [-0.2, -0.15) is 0 Å². The fraction of sp³-hybridized carbons (Fsp3) is 0. The molecule has 0 atom stereocenters. The van der Waals surface area contributed by atoms with Crippen molar-refractivity contribution >= 4 is 43.1 Å². The Labute approximate surface area is 311 Å². The summed E-state index contributed by atoms with van der Waals surface area (Å²) in [4.78, 5) is 0. The van der Waals surface area contributed by atoms with Gasteiger partial charge in [0, 0.05) is 0 Å². The summed E-state index contributed by atoms with van der Waals surface area (Å²) in [5.41, 5.74) is -6.97. The lowest BCUT2D eigenvalue weighted by Gasteiger charge is -2.20. The molecule has 0 heteroatoms. The second-order valence-electron chi connectivity index (χ2n) is 9.75. The quantitative estimate of drug-likeness (QED) is 0.173. The van der Waals surface area contributed by atoms with Crippen molar-refractivity contribution in [1.29, 1.82) is 0 Å². The Balaban J connectivity index is 1.64. The Kier molecular flexibility index (Phi) is 2.37. The van der Waals surface area contributed by atoms with E-state index >= 15 is 0 Å². The minimum atomic E-state index is -1.18. The summed E-state index contributed by atoms with van der Waals surface area (Å²) in [7, 11) is 0. The van der Waals surface area contributed by atoms with E-state index in [9.17, 15) is 13.7 Å². The van der Waals surface area contributed by atoms with Gasteiger partial charge in [0.05, 0.1) is 41.1 Å². The summed E-state index contributed by atoms with van der Waals surface area (Å²) >= 11 is 0. The highest BCUT2D eigenvalue weighted by Crippen LogP contribution is 2.46. The van der Waals surface area contributed by atoms with Gasteiger partial charge >= 0.3 is 0 Å². The van der Waals surface area contributed by atoms with Gasteiger partial charge in [0.15, 0.2) is 0 Å². The monoisotopic (exact) mass is 612 g/mol. The summed E-state index contributed by atoms with van der Waals surface area (Å²) in [6.45, 7) is 0. The van der Waals surface area contributed by atoms with Crippen LogP contribution in [0, 0.1) is 0 Å². The van der Waals surface area contributed by atoms with Crippen LogP contribution in [0.3, 0.4) is 0 Å². The molecule has 0 fully saturated rings. The summed E-state index contributed by atoms with van der Waals surface area (Å²) in [6, 6.07) is -30.0. The molecule has 0 heterocycles. The second kappa shape index (κ2) is 10.9. The fourth-order valence-electron chi connectivity index (χ4n) is 5.19. The van der Waals surface area contributed by atoms with Crippen molar-refractivity contribution in [2.75, 3.05) is 0 Å². The standard InChI is InChI=1S/C46H30/c1-2-11-31(12-3-1)38-27-28-43-44(30-38)45(35-24-21-33(22-25-35)37-26-23-32-13-4-5-15-36(32)29-37)41-18-8-9-19-42(41)46(43)40-20-10-16-34-14-6-7-17-39(34)40/h1-30H/i1D,2D,3D,4D,5D,6D,7D,8D,9D,10D,11D,12D,13D,14D,15D,16D,17D,18D,19D,20D,21D,22D,23D,24D,25D,26D,27D,28D,29D,30D. The molecule has 0 radical (unpaired) electrons. The van der Waals surface area contributed by atoms with Crippen molar-refractivity contribution in [3.63, 3.8) is 0 Å². The van der Waals surface area contributed by atoms with Gasteiger partial charge in [0.1, 0.15) is 0 Å². The van der Waals surface area contributed by atoms with Crippen LogP contribution in [-0.2, 0) is 0 Å². The minimum Gasteiger partial charge on any atom is -0.0622 e. The Hall–Kier alpha value is -5.98. The van der Waals surface area contributed by atoms with Gasteiger partial charge in [-0.25, -0.2) is 0 Å². The zero-order valence-corrected chi connectivity index (χ0v) is 23.0. The second-order valence-corrected chi connectivity index (χ2v) is 9.75. The molecule has 0 N–H and O–H groups in total. The maximum Gasteiger partial charge on any atom is 0.0636 e. The maximum absolute atomic E-state index is 10.0. The molecule has 0 spiro atoms. The van der Waals surface area contributed by atoms with Gasteiger partial charge in [-0.1, -0.05) is 169 Å². The van der Waals surface area contributed by atoms with Crippen LogP contribution in [0.2, 0.25) is 0 Å². The van der Waals surface area contributed by atoms with Crippen LogP contribution in [0.5, 0.6) is 0 Å². The molecule has 214 valence electrons. The molecule has 0 saturated heterocycles. The van der Waals surface area contributed by atoms with Gasteiger partial charge in [-0.15, -0.1) is 0 Å². The molecule has 0 nitrogen and oxygen atoms in total. The average Bonchev–Trinajstić information content (AvgIpc) is 3.39. The van der Waals surface area contributed by atoms with E-state index in [-0.39, 0.29) is 0 Å². The molecule has 0 aliphatic heterocycles. The van der Waals surface area contributed by atoms with Crippen LogP contribution >= 0.6 is 0 Å². The average molecular weight is 613 g/mol. The van der Waals surface area contributed by atoms with Crippen molar-refractivity contribution in [2.45, 2.75) is 0 Å². The van der Waals surface area contributed by atoms with Crippen molar-refractivity contribution < 1.29 is 41.1 Å². The third kappa shape index (κ3) is 4.38. The fourth-order valence-corrected chi connectivity index (χ4v) is 5.19. The summed E-state index contributed by atoms with van der Waals surface area (Å²) in [5, 5.41) is -6.03. The Bertz CT molecular complexity index is 4210. The van der Waals surface area contributed by atoms with Crippen LogP contribution in [0.15, 0.2) is 181 Å². The van der Waals surface area contributed by atoms with Crippen molar-refractivity contribution in [3.8, 4) is 44.5 Å². The first-order valence-corrected chi connectivity index (χ1v) is 13.5. The third-order valence-corrected chi connectivity index (χ3v) is 7.19. The molecule has 0 unspecified atom stereocenters. The molecular formula is C46H30. The van der Waals surface area contributed by atoms with Crippen LogP contribution in [0.25, 0.3) is 87.6 Å². The van der Waals surface area contributed by atoms with Crippen LogP contribution in [0.1, 0.15) is 41.1 Å². The van der Waals surface area contributed by atoms with Gasteiger partial charge < -0.3 is 0 Å². The lowest BCUT2D eigenvalue weighted by molar-refractivity contribution is 1.62. The van der Waals surface area contributed by atoms with Crippen molar-refractivity contribution in [1.82, 2.24) is 0 Å². The number of hydrogen-bond donors (Lipinski definition) is 0. The van der Waals surface area contributed by atoms with E-state index in [1.54, 1.807) is 0 Å². The van der Waals surface area contributed by atoms with Crippen LogP contribution in [0.4, 0.5) is 0 Å². The lowest BCUT2D eigenvalue weighted by atomic mass is 9.83. The predicted octanol–water partition coefficient (Wildman–Crippen LogP) is 13.0. The molecule has 0 saturated carbocycles. The lowest BCUT2D eigenvalue weighted by Crippen LogP contribution is -1.92. The number of rotatable bonds is 4. The van der Waals surface area contributed by atoms with E-state index in [1.165, 1.54) is 0 Å². The topological polar surface area (TPSA) is 0 Å². The largest absolute Gasteiger partial charge is 0.0636 e. The van der Waals surface area contributed by atoms with Gasteiger partial charge in [0.2, 0.25) is 0 Å². The number of fused-ring (bicyclic) bond motifs is 4. The van der Waals surface area contributed by atoms with Gasteiger partial charge in [0.25, 0.3) is 0 Å². The highest BCUT2D eigenvalue weighted by molar-refractivity contribution is 6.24. The molecule has 0 aromatic heterocycles. The summed E-state index contributed by atoms with van der Waals surface area (Å²) in [5.74, 6) is 0. The zero-order valence-electron chi connectivity index (χ0n) is 53.0. The zero-order chi connectivity index (χ0) is 56.6. The highest BCUT2D eigenvalue weighted by Gasteiger charge is 2.19. The molecule has 46 heavy (non-hydrogen) atoms. The van der Waals surface area contributed by atoms with E-state index in [1.807, 2.05) is 0 Å². The molecule has 9 rings (SSSR count). The molecular weight excluding hydrogens is 553 g/mol. The van der Waals surface area contributed by atoms with Crippen molar-refractivity contribution in [2.24, 2.45) is 0 Å². The molecule has 9 aromatic carbocycles. The maximum atomic E-state index is 10.0. The molecule has 0 aliphatic rings. The van der Waals surface area contributed by atoms with Crippen LogP contribution in [-0.4, -0.2) is 0 Å². The van der Waals surface area contributed by atoms with Crippen molar-refractivity contribution in [3.05, 3.63) is 181 Å². The Morgan fingerprint density at radius 2 is 0.783 bits per heavy atom. The number of benzene rings is 9. The van der Waals surface area contributed by atoms with E-state index < -0.39 is 269 Å². The van der Waals surface area contributed by atoms with Gasteiger partial charge in [-0.3, -0.25) is 0 Å². The minimum absolute atomic E-state index is 0.573. The number of hydrogen-bond acceptors (Lipinski definition) is 0. The van der Waals surface area contributed by atoms with E-state index in [4.69, 9.17) is 27.4 Å². The third-order valence-electron chi connectivity index (χ3n) is 7.19. The van der Waals surface area contributed by atoms with E-state index in [2.05, 4.69) is 0 Å². The molecule has 0 bridgehead atoms. The normalized spacial score (nSPS) is 20.6. The molecule has 9 aromatic rings.